The highest BCUT2D eigenvalue weighted by atomic mass is 35.5. The second-order valence-electron chi connectivity index (χ2n) is 5.46. The van der Waals surface area contributed by atoms with Gasteiger partial charge in [-0.15, -0.1) is 0 Å². The van der Waals surface area contributed by atoms with Gasteiger partial charge < -0.3 is 14.6 Å². The lowest BCUT2D eigenvalue weighted by Gasteiger charge is -2.22. The molecule has 25 heavy (non-hydrogen) atoms. The monoisotopic (exact) mass is 382 g/mol. The maximum Gasteiger partial charge on any atom is 0.417 e. The molecule has 0 fully saturated rings. The lowest BCUT2D eigenvalue weighted by molar-refractivity contribution is -0.146. The van der Waals surface area contributed by atoms with Gasteiger partial charge in [0, 0.05) is 6.20 Å². The molecule has 1 rings (SSSR count). The van der Waals surface area contributed by atoms with Gasteiger partial charge in [0.25, 0.3) is 5.56 Å². The summed E-state index contributed by atoms with van der Waals surface area (Å²) in [5, 5.41) is 1.72. The molecule has 0 bridgehead atoms. The van der Waals surface area contributed by atoms with Gasteiger partial charge in [-0.25, -0.2) is 4.79 Å². The topological polar surface area (TPSA) is 77.4 Å². The lowest BCUT2D eigenvalue weighted by atomic mass is 9.99. The van der Waals surface area contributed by atoms with Gasteiger partial charge in [-0.3, -0.25) is 9.59 Å². The van der Waals surface area contributed by atoms with Gasteiger partial charge in [-0.2, -0.15) is 13.2 Å². The highest BCUT2D eigenvalue weighted by Gasteiger charge is 2.32. The number of pyridine rings is 1. The molecule has 6 nitrogen and oxygen atoms in total. The summed E-state index contributed by atoms with van der Waals surface area (Å²) in [5.41, 5.74) is -2.10. The number of ether oxygens (including phenoxy) is 1. The van der Waals surface area contributed by atoms with Gasteiger partial charge in [0.15, 0.2) is 0 Å². The molecule has 0 saturated carbocycles. The molecule has 0 aromatic carbocycles. The summed E-state index contributed by atoms with van der Waals surface area (Å²) in [6.45, 7) is 2.78. The zero-order chi connectivity index (χ0) is 19.4. The minimum atomic E-state index is -4.72. The Bertz CT molecular complexity index is 703. The van der Waals surface area contributed by atoms with Crippen molar-refractivity contribution >= 4 is 23.5 Å². The van der Waals surface area contributed by atoms with Crippen LogP contribution in [0, 0.1) is 5.92 Å². The van der Waals surface area contributed by atoms with Crippen LogP contribution in [0.15, 0.2) is 17.1 Å². The number of nitrogens with zero attached hydrogens (tertiary/aromatic N) is 1. The summed E-state index contributed by atoms with van der Waals surface area (Å²) in [7, 11) is 1.15. The zero-order valence-electron chi connectivity index (χ0n) is 13.8. The molecule has 0 saturated heterocycles. The number of aromatic nitrogens is 1. The molecule has 1 N–H and O–H groups in total. The number of alkyl halides is 3. The molecule has 1 amide bonds. The van der Waals surface area contributed by atoms with Gasteiger partial charge in [0.05, 0.1) is 12.7 Å². The van der Waals surface area contributed by atoms with Crippen LogP contribution in [0.25, 0.3) is 0 Å². The molecule has 2 atom stereocenters. The largest absolute Gasteiger partial charge is 0.467 e. The molecule has 0 spiro atoms. The van der Waals surface area contributed by atoms with Gasteiger partial charge in [0.1, 0.15) is 17.6 Å². The van der Waals surface area contributed by atoms with E-state index in [0.717, 1.165) is 7.11 Å². The van der Waals surface area contributed by atoms with E-state index >= 15 is 0 Å². The van der Waals surface area contributed by atoms with Crippen molar-refractivity contribution in [3.8, 4) is 0 Å². The van der Waals surface area contributed by atoms with Crippen molar-refractivity contribution in [1.82, 2.24) is 9.88 Å². The molecule has 10 heteroatoms. The second-order valence-corrected chi connectivity index (χ2v) is 5.87. The molecular formula is C15H18ClF3N2O4. The van der Waals surface area contributed by atoms with Gasteiger partial charge in [-0.05, 0) is 12.0 Å². The van der Waals surface area contributed by atoms with Crippen molar-refractivity contribution < 1.29 is 27.5 Å². The predicted molar refractivity (Wildman–Crippen MR) is 84.1 cm³/mol. The minimum absolute atomic E-state index is 0.266. The maximum atomic E-state index is 12.8. The Kier molecular flexibility index (Phi) is 7.04. The Morgan fingerprint density at radius 2 is 2.00 bits per heavy atom. The first-order valence-corrected chi connectivity index (χ1v) is 7.73. The highest BCUT2D eigenvalue weighted by molar-refractivity contribution is 6.30. The first-order valence-electron chi connectivity index (χ1n) is 7.35. The number of carbonyl (C=O) groups is 2. The zero-order valence-corrected chi connectivity index (χ0v) is 14.6. The molecule has 1 aromatic rings. The third-order valence-corrected chi connectivity index (χ3v) is 3.94. The third kappa shape index (κ3) is 5.48. The number of hydrogen-bond acceptors (Lipinski definition) is 4. The van der Waals surface area contributed by atoms with E-state index < -0.39 is 46.8 Å². The van der Waals surface area contributed by atoms with Gasteiger partial charge in [0.2, 0.25) is 5.91 Å². The molecule has 140 valence electrons. The number of amides is 1. The lowest BCUT2D eigenvalue weighted by Crippen LogP contribution is -2.47. The van der Waals surface area contributed by atoms with Crippen LogP contribution in [0.4, 0.5) is 13.2 Å². The quantitative estimate of drug-likeness (QED) is 0.765. The summed E-state index contributed by atoms with van der Waals surface area (Å²) in [6, 6.07) is -0.478. The van der Waals surface area contributed by atoms with E-state index in [9.17, 15) is 27.6 Å². The van der Waals surface area contributed by atoms with Crippen LogP contribution in [0.2, 0.25) is 5.02 Å². The molecule has 0 unspecified atom stereocenters. The molecule has 0 aliphatic rings. The highest BCUT2D eigenvalue weighted by Crippen LogP contribution is 2.29. The Labute approximate surface area is 146 Å². The summed E-state index contributed by atoms with van der Waals surface area (Å²) in [6.07, 6.45) is -3.67. The van der Waals surface area contributed by atoms with Crippen molar-refractivity contribution in [1.29, 1.82) is 0 Å². The van der Waals surface area contributed by atoms with Crippen molar-refractivity contribution in [2.24, 2.45) is 5.92 Å². The van der Waals surface area contributed by atoms with Crippen LogP contribution < -0.4 is 10.9 Å². The summed E-state index contributed by atoms with van der Waals surface area (Å²) >= 11 is 5.52. The van der Waals surface area contributed by atoms with Crippen LogP contribution in [0.1, 0.15) is 25.8 Å². The molecule has 0 aliphatic carbocycles. The van der Waals surface area contributed by atoms with E-state index in [1.54, 1.807) is 13.8 Å². The Hall–Kier alpha value is -2.03. The maximum absolute atomic E-state index is 12.8. The fourth-order valence-electron chi connectivity index (χ4n) is 2.04. The Morgan fingerprint density at radius 1 is 1.40 bits per heavy atom. The van der Waals surface area contributed by atoms with E-state index in [-0.39, 0.29) is 5.92 Å². The number of methoxy groups -OCH3 is 1. The SMILES string of the molecule is CC[C@H](C)[C@@H](NC(=O)Cn1cc(C(F)(F)F)cc(Cl)c1=O)C(=O)OC. The van der Waals surface area contributed by atoms with E-state index in [0.29, 0.717) is 23.3 Å². The molecule has 0 aliphatic heterocycles. The van der Waals surface area contributed by atoms with Crippen molar-refractivity contribution in [2.75, 3.05) is 7.11 Å². The Morgan fingerprint density at radius 3 is 2.48 bits per heavy atom. The number of rotatable bonds is 6. The average Bonchev–Trinajstić information content (AvgIpc) is 2.54. The van der Waals surface area contributed by atoms with Crippen molar-refractivity contribution in [2.45, 2.75) is 39.0 Å². The molecule has 1 aromatic heterocycles. The van der Waals surface area contributed by atoms with E-state index in [1.807, 2.05) is 0 Å². The second kappa shape index (κ2) is 8.37. The smallest absolute Gasteiger partial charge is 0.417 e. The van der Waals surface area contributed by atoms with Crippen LogP contribution in [-0.4, -0.2) is 29.6 Å². The molecule has 0 radical (unpaired) electrons. The molecular weight excluding hydrogens is 365 g/mol. The fraction of sp³-hybridized carbons (Fsp3) is 0.533. The predicted octanol–water partition coefficient (Wildman–Crippen LogP) is 2.22. The van der Waals surface area contributed by atoms with Crippen LogP contribution in [-0.2, 0) is 27.0 Å². The minimum Gasteiger partial charge on any atom is -0.467 e. The number of nitrogens with one attached hydrogen (secondary N) is 1. The normalized spacial score (nSPS) is 13.9. The number of esters is 1. The van der Waals surface area contributed by atoms with E-state index in [1.165, 1.54) is 0 Å². The van der Waals surface area contributed by atoms with Crippen molar-refractivity contribution in [3.05, 3.63) is 33.2 Å². The van der Waals surface area contributed by atoms with Crippen LogP contribution in [0.3, 0.4) is 0 Å². The number of hydrogen-bond donors (Lipinski definition) is 1. The average molecular weight is 383 g/mol. The standard InChI is InChI=1S/C15H18ClF3N2O4/c1-4-8(2)12(14(24)25-3)20-11(22)7-21-6-9(15(17,18)19)5-10(16)13(21)23/h5-6,8,12H,4,7H2,1-3H3,(H,20,22)/t8-,12+/m0/s1. The first kappa shape index (κ1) is 21.0. The molecule has 1 heterocycles. The summed E-state index contributed by atoms with van der Waals surface area (Å²) < 4.78 is 43.5. The number of carbonyl (C=O) groups excluding carboxylic acids is 2. The van der Waals surface area contributed by atoms with E-state index in [2.05, 4.69) is 10.1 Å². The summed E-state index contributed by atoms with van der Waals surface area (Å²) in [4.78, 5) is 35.7. The van der Waals surface area contributed by atoms with Crippen LogP contribution in [0.5, 0.6) is 0 Å². The summed E-state index contributed by atoms with van der Waals surface area (Å²) in [5.74, 6) is -1.76. The van der Waals surface area contributed by atoms with Crippen LogP contribution >= 0.6 is 11.6 Å². The van der Waals surface area contributed by atoms with Gasteiger partial charge >= 0.3 is 12.1 Å². The van der Waals surface area contributed by atoms with Crippen molar-refractivity contribution in [3.63, 3.8) is 0 Å². The van der Waals surface area contributed by atoms with Gasteiger partial charge in [-0.1, -0.05) is 31.9 Å². The third-order valence-electron chi connectivity index (χ3n) is 3.67. The first-order chi connectivity index (χ1) is 11.5. The van der Waals surface area contributed by atoms with E-state index in [4.69, 9.17) is 11.6 Å². The number of halogens is 4. The fourth-order valence-corrected chi connectivity index (χ4v) is 2.27. The Balaban J connectivity index is 3.05.